The molecule has 6 heteroatoms. The second kappa shape index (κ2) is 6.75. The first-order valence-electron chi connectivity index (χ1n) is 7.15. The molecule has 6 nitrogen and oxygen atoms in total. The molecule has 19 heavy (non-hydrogen) atoms. The molecule has 2 rings (SSSR count). The Hall–Kier alpha value is -1.30. The highest BCUT2D eigenvalue weighted by atomic mass is 16.4. The largest absolute Gasteiger partial charge is 0.481 e. The van der Waals surface area contributed by atoms with Crippen LogP contribution in [0.25, 0.3) is 0 Å². The number of carboxylic acids is 1. The van der Waals surface area contributed by atoms with Crippen molar-refractivity contribution in [3.8, 4) is 0 Å². The third-order valence-corrected chi connectivity index (χ3v) is 3.97. The van der Waals surface area contributed by atoms with Gasteiger partial charge in [0.25, 0.3) is 0 Å². The highest BCUT2D eigenvalue weighted by Crippen LogP contribution is 2.20. The van der Waals surface area contributed by atoms with Gasteiger partial charge in [-0.2, -0.15) is 0 Å². The van der Waals surface area contributed by atoms with E-state index < -0.39 is 5.97 Å². The van der Waals surface area contributed by atoms with Gasteiger partial charge < -0.3 is 15.3 Å². The number of amides is 2. The summed E-state index contributed by atoms with van der Waals surface area (Å²) in [6, 6.07) is 0.475. The minimum absolute atomic E-state index is 0.0457. The second-order valence-corrected chi connectivity index (χ2v) is 5.36. The molecule has 2 heterocycles. The van der Waals surface area contributed by atoms with Crippen LogP contribution in [0, 0.1) is 0 Å². The fourth-order valence-corrected chi connectivity index (χ4v) is 2.89. The van der Waals surface area contributed by atoms with Gasteiger partial charge in [0.15, 0.2) is 0 Å². The third kappa shape index (κ3) is 4.09. The van der Waals surface area contributed by atoms with E-state index in [0.29, 0.717) is 19.0 Å². The van der Waals surface area contributed by atoms with Crippen molar-refractivity contribution in [1.29, 1.82) is 0 Å². The first kappa shape index (κ1) is 14.1. The summed E-state index contributed by atoms with van der Waals surface area (Å²) in [5.41, 5.74) is 0. The Morgan fingerprint density at radius 1 is 1.21 bits per heavy atom. The van der Waals surface area contributed by atoms with Gasteiger partial charge in [-0.05, 0) is 25.8 Å². The van der Waals surface area contributed by atoms with Gasteiger partial charge in [0.1, 0.15) is 0 Å². The monoisotopic (exact) mass is 269 g/mol. The average molecular weight is 269 g/mol. The van der Waals surface area contributed by atoms with E-state index in [9.17, 15) is 9.59 Å². The van der Waals surface area contributed by atoms with Crippen molar-refractivity contribution >= 4 is 12.0 Å². The molecule has 1 unspecified atom stereocenters. The molecule has 2 aliphatic rings. The van der Waals surface area contributed by atoms with Crippen LogP contribution in [0.2, 0.25) is 0 Å². The van der Waals surface area contributed by atoms with Crippen LogP contribution >= 0.6 is 0 Å². The molecular formula is C13H23N3O3. The summed E-state index contributed by atoms with van der Waals surface area (Å²) >= 11 is 0. The number of rotatable bonds is 4. The standard InChI is InChI=1S/C13H23N3O3/c17-12(18)5-3-6-14-13(19)16-9-8-15-7-2-1-4-11(15)10-16/h11H,1-10H2,(H,14,19)(H,17,18). The summed E-state index contributed by atoms with van der Waals surface area (Å²) in [6.45, 7) is 4.16. The summed E-state index contributed by atoms with van der Waals surface area (Å²) in [7, 11) is 0. The number of fused-ring (bicyclic) bond motifs is 1. The Labute approximate surface area is 113 Å². The minimum Gasteiger partial charge on any atom is -0.481 e. The molecule has 2 N–H and O–H groups in total. The molecule has 0 bridgehead atoms. The van der Waals surface area contributed by atoms with Crippen LogP contribution in [0.15, 0.2) is 0 Å². The summed E-state index contributed by atoms with van der Waals surface area (Å²) < 4.78 is 0. The minimum atomic E-state index is -0.815. The third-order valence-electron chi connectivity index (χ3n) is 3.97. The molecule has 0 saturated carbocycles. The summed E-state index contributed by atoms with van der Waals surface area (Å²) in [6.07, 6.45) is 4.32. The number of carboxylic acid groups (broad SMARTS) is 1. The van der Waals surface area contributed by atoms with Gasteiger partial charge in [-0.1, -0.05) is 6.42 Å². The number of hydrogen-bond acceptors (Lipinski definition) is 3. The molecule has 0 aromatic carbocycles. The number of nitrogens with one attached hydrogen (secondary N) is 1. The summed E-state index contributed by atoms with van der Waals surface area (Å²) in [5.74, 6) is -0.815. The number of nitrogens with zero attached hydrogens (tertiary/aromatic N) is 2. The van der Waals surface area contributed by atoms with Gasteiger partial charge in [0, 0.05) is 38.6 Å². The summed E-state index contributed by atoms with van der Waals surface area (Å²) in [4.78, 5) is 26.7. The lowest BCUT2D eigenvalue weighted by Crippen LogP contribution is -2.58. The van der Waals surface area contributed by atoms with Crippen LogP contribution in [0.3, 0.4) is 0 Å². The molecule has 108 valence electrons. The van der Waals surface area contributed by atoms with E-state index in [1.54, 1.807) is 0 Å². The number of carbonyl (C=O) groups excluding carboxylic acids is 1. The number of piperazine rings is 1. The highest BCUT2D eigenvalue weighted by molar-refractivity contribution is 5.74. The van der Waals surface area contributed by atoms with Crippen LogP contribution < -0.4 is 5.32 Å². The predicted octanol–water partition coefficient (Wildman–Crippen LogP) is 0.731. The van der Waals surface area contributed by atoms with Crippen molar-refractivity contribution in [2.75, 3.05) is 32.7 Å². The van der Waals surface area contributed by atoms with E-state index in [1.165, 1.54) is 25.8 Å². The molecule has 0 spiro atoms. The van der Waals surface area contributed by atoms with E-state index in [-0.39, 0.29) is 12.5 Å². The van der Waals surface area contributed by atoms with Crippen LogP contribution in [-0.2, 0) is 4.79 Å². The second-order valence-electron chi connectivity index (χ2n) is 5.36. The van der Waals surface area contributed by atoms with Crippen molar-refractivity contribution in [2.24, 2.45) is 0 Å². The SMILES string of the molecule is O=C(O)CCCNC(=O)N1CCN2CCCCC2C1. The molecule has 0 aromatic rings. The smallest absolute Gasteiger partial charge is 0.317 e. The lowest BCUT2D eigenvalue weighted by Gasteiger charge is -2.43. The first-order valence-corrected chi connectivity index (χ1v) is 7.15. The molecular weight excluding hydrogens is 246 g/mol. The lowest BCUT2D eigenvalue weighted by molar-refractivity contribution is -0.137. The molecule has 2 amide bonds. The van der Waals surface area contributed by atoms with Crippen LogP contribution in [0.5, 0.6) is 0 Å². The van der Waals surface area contributed by atoms with Crippen LogP contribution in [-0.4, -0.2) is 65.7 Å². The van der Waals surface area contributed by atoms with Crippen molar-refractivity contribution in [3.05, 3.63) is 0 Å². The number of aliphatic carboxylic acids is 1. The molecule has 2 fully saturated rings. The fraction of sp³-hybridized carbons (Fsp3) is 0.846. The quantitative estimate of drug-likeness (QED) is 0.738. The van der Waals surface area contributed by atoms with Gasteiger partial charge in [-0.25, -0.2) is 4.79 Å². The molecule has 1 atom stereocenters. The Morgan fingerprint density at radius 2 is 2.05 bits per heavy atom. The van der Waals surface area contributed by atoms with Crippen LogP contribution in [0.1, 0.15) is 32.1 Å². The maximum absolute atomic E-state index is 12.0. The van der Waals surface area contributed by atoms with Crippen molar-refractivity contribution < 1.29 is 14.7 Å². The Morgan fingerprint density at radius 3 is 2.84 bits per heavy atom. The molecule has 0 aliphatic carbocycles. The lowest BCUT2D eigenvalue weighted by atomic mass is 10.00. The fourth-order valence-electron chi connectivity index (χ4n) is 2.89. The highest BCUT2D eigenvalue weighted by Gasteiger charge is 2.30. The van der Waals surface area contributed by atoms with E-state index >= 15 is 0 Å². The van der Waals surface area contributed by atoms with E-state index in [0.717, 1.165) is 19.6 Å². The van der Waals surface area contributed by atoms with E-state index in [4.69, 9.17) is 5.11 Å². The Kier molecular flexibility index (Phi) is 5.01. The van der Waals surface area contributed by atoms with Crippen molar-refractivity contribution in [1.82, 2.24) is 15.1 Å². The number of piperidine rings is 1. The summed E-state index contributed by atoms with van der Waals surface area (Å²) in [5, 5.41) is 11.3. The van der Waals surface area contributed by atoms with Crippen molar-refractivity contribution in [2.45, 2.75) is 38.1 Å². The van der Waals surface area contributed by atoms with E-state index in [2.05, 4.69) is 10.2 Å². The number of urea groups is 1. The number of carbonyl (C=O) groups is 2. The number of hydrogen-bond donors (Lipinski definition) is 2. The zero-order valence-electron chi connectivity index (χ0n) is 11.3. The molecule has 2 aliphatic heterocycles. The van der Waals surface area contributed by atoms with Gasteiger partial charge in [-0.15, -0.1) is 0 Å². The topological polar surface area (TPSA) is 72.9 Å². The van der Waals surface area contributed by atoms with E-state index in [1.807, 2.05) is 4.90 Å². The van der Waals surface area contributed by atoms with Crippen molar-refractivity contribution in [3.63, 3.8) is 0 Å². The zero-order chi connectivity index (χ0) is 13.7. The van der Waals surface area contributed by atoms with Gasteiger partial charge in [0.2, 0.25) is 0 Å². The van der Waals surface area contributed by atoms with Gasteiger partial charge in [0.05, 0.1) is 0 Å². The maximum atomic E-state index is 12.0. The van der Waals surface area contributed by atoms with Gasteiger partial charge in [-0.3, -0.25) is 9.69 Å². The molecule has 0 radical (unpaired) electrons. The Bertz CT molecular complexity index is 335. The Balaban J connectivity index is 1.69. The molecule has 0 aromatic heterocycles. The first-order chi connectivity index (χ1) is 9.16. The predicted molar refractivity (Wildman–Crippen MR) is 71.1 cm³/mol. The average Bonchev–Trinajstić information content (AvgIpc) is 2.42. The normalized spacial score (nSPS) is 23.8. The maximum Gasteiger partial charge on any atom is 0.317 e. The van der Waals surface area contributed by atoms with Gasteiger partial charge >= 0.3 is 12.0 Å². The molecule has 2 saturated heterocycles. The zero-order valence-corrected chi connectivity index (χ0v) is 11.3. The van der Waals surface area contributed by atoms with Crippen LogP contribution in [0.4, 0.5) is 4.79 Å².